The van der Waals surface area contributed by atoms with Crippen LogP contribution in [0.4, 0.5) is 11.4 Å². The van der Waals surface area contributed by atoms with Gasteiger partial charge in [-0.2, -0.15) is 4.31 Å². The topological polar surface area (TPSA) is 90.5 Å². The highest BCUT2D eigenvalue weighted by Gasteiger charge is 2.34. The van der Waals surface area contributed by atoms with E-state index in [0.717, 1.165) is 18.5 Å². The van der Waals surface area contributed by atoms with E-state index in [2.05, 4.69) is 36.9 Å². The summed E-state index contributed by atoms with van der Waals surface area (Å²) in [5, 5.41) is 0. The summed E-state index contributed by atoms with van der Waals surface area (Å²) in [6.07, 6.45) is 1.67. The quantitative estimate of drug-likeness (QED) is 0.611. The summed E-state index contributed by atoms with van der Waals surface area (Å²) in [4.78, 5) is 31.6. The van der Waals surface area contributed by atoms with E-state index in [-0.39, 0.29) is 35.9 Å². The largest absolute Gasteiger partial charge is 0.482 e. The first-order valence-electron chi connectivity index (χ1n) is 12.4. The van der Waals surface area contributed by atoms with Crippen LogP contribution in [-0.2, 0) is 19.6 Å². The second-order valence-corrected chi connectivity index (χ2v) is 11.7. The Morgan fingerprint density at radius 2 is 1.83 bits per heavy atom. The minimum absolute atomic E-state index is 0.110. The maximum atomic E-state index is 13.3. The van der Waals surface area contributed by atoms with Crippen molar-refractivity contribution in [3.8, 4) is 5.75 Å². The van der Waals surface area contributed by atoms with Crippen LogP contribution in [-0.4, -0.2) is 81.4 Å². The van der Waals surface area contributed by atoms with E-state index >= 15 is 0 Å². The zero-order valence-electron chi connectivity index (χ0n) is 20.7. The Kier molecular flexibility index (Phi) is 6.65. The van der Waals surface area contributed by atoms with Crippen LogP contribution in [0.5, 0.6) is 5.75 Å². The van der Waals surface area contributed by atoms with Crippen molar-refractivity contribution in [1.82, 2.24) is 9.21 Å². The predicted octanol–water partition coefficient (Wildman–Crippen LogP) is 2.24. The van der Waals surface area contributed by atoms with E-state index in [1.165, 1.54) is 26.9 Å². The lowest BCUT2D eigenvalue weighted by Crippen LogP contribution is -2.56. The third-order valence-corrected chi connectivity index (χ3v) is 9.08. The Morgan fingerprint density at radius 1 is 1.06 bits per heavy atom. The minimum atomic E-state index is -3.67. The Labute approximate surface area is 212 Å². The summed E-state index contributed by atoms with van der Waals surface area (Å²) in [6, 6.07) is 13.0. The smallest absolute Gasteiger partial charge is 0.265 e. The van der Waals surface area contributed by atoms with Crippen molar-refractivity contribution in [3.63, 3.8) is 0 Å². The number of carbonyl (C=O) groups is 2. The van der Waals surface area contributed by atoms with Crippen molar-refractivity contribution in [3.05, 3.63) is 48.0 Å². The van der Waals surface area contributed by atoms with Gasteiger partial charge in [-0.1, -0.05) is 12.1 Å². The molecule has 3 aliphatic heterocycles. The first-order valence-corrected chi connectivity index (χ1v) is 13.9. The van der Waals surface area contributed by atoms with E-state index in [1.54, 1.807) is 11.0 Å². The number of fused-ring (bicyclic) bond motifs is 1. The van der Waals surface area contributed by atoms with Crippen molar-refractivity contribution in [2.45, 2.75) is 37.6 Å². The molecule has 10 heteroatoms. The number of benzene rings is 2. The number of hydrogen-bond acceptors (Lipinski definition) is 6. The molecule has 0 N–H and O–H groups in total. The molecule has 1 atom stereocenters. The number of ether oxygens (including phenoxy) is 1. The highest BCUT2D eigenvalue weighted by atomic mass is 32.2. The molecular weight excluding hydrogens is 480 g/mol. The molecule has 0 spiro atoms. The van der Waals surface area contributed by atoms with Gasteiger partial charge in [0.25, 0.3) is 5.91 Å². The second-order valence-electron chi connectivity index (χ2n) is 9.73. The molecule has 2 aromatic rings. The normalized spacial score (nSPS) is 20.9. The molecule has 0 bridgehead atoms. The first kappa shape index (κ1) is 24.6. The van der Waals surface area contributed by atoms with Gasteiger partial charge in [-0.05, 0) is 62.6 Å². The molecule has 0 aliphatic carbocycles. The summed E-state index contributed by atoms with van der Waals surface area (Å²) in [5.74, 6) is -0.127. The fourth-order valence-electron chi connectivity index (χ4n) is 5.20. The zero-order valence-corrected chi connectivity index (χ0v) is 21.5. The van der Waals surface area contributed by atoms with Crippen LogP contribution in [0.1, 0.15) is 25.3 Å². The number of amides is 2. The van der Waals surface area contributed by atoms with Crippen molar-refractivity contribution in [2.24, 2.45) is 0 Å². The Hall–Kier alpha value is -3.11. The van der Waals surface area contributed by atoms with Crippen LogP contribution < -0.4 is 14.5 Å². The number of piperazine rings is 1. The number of carbonyl (C=O) groups excluding carboxylic acids is 2. The molecule has 9 nitrogen and oxygen atoms in total. The van der Waals surface area contributed by atoms with Gasteiger partial charge in [-0.15, -0.1) is 0 Å². The highest BCUT2D eigenvalue weighted by molar-refractivity contribution is 7.89. The number of nitrogens with zero attached hydrogens (tertiary/aromatic N) is 4. The number of aryl methyl sites for hydroxylation is 1. The van der Waals surface area contributed by atoms with Gasteiger partial charge in [0.2, 0.25) is 15.9 Å². The molecule has 0 unspecified atom stereocenters. The standard InChI is InChI=1S/C26H32N4O5S/c1-19-6-5-7-21(14-19)29-13-12-27(16-20(29)2)25(31)17-30-23-15-22(8-9-24(23)35-18-26(30)32)36(33,34)28-10-3-4-11-28/h5-9,14-15,20H,3-4,10-13,16-18H2,1-2H3/t20-/m1/s1. The van der Waals surface area contributed by atoms with Crippen LogP contribution in [0.15, 0.2) is 47.4 Å². The molecule has 3 heterocycles. The molecule has 5 rings (SSSR count). The summed E-state index contributed by atoms with van der Waals surface area (Å²) >= 11 is 0. The minimum Gasteiger partial charge on any atom is -0.482 e. The Bertz CT molecular complexity index is 1270. The van der Waals surface area contributed by atoms with Crippen LogP contribution in [0.3, 0.4) is 0 Å². The molecule has 36 heavy (non-hydrogen) atoms. The molecular formula is C26H32N4O5S. The van der Waals surface area contributed by atoms with Crippen molar-refractivity contribution in [2.75, 3.05) is 55.7 Å². The number of anilines is 2. The third-order valence-electron chi connectivity index (χ3n) is 7.18. The van der Waals surface area contributed by atoms with Crippen LogP contribution in [0.25, 0.3) is 0 Å². The van der Waals surface area contributed by atoms with E-state index in [1.807, 2.05) is 6.07 Å². The van der Waals surface area contributed by atoms with E-state index < -0.39 is 10.0 Å². The van der Waals surface area contributed by atoms with E-state index in [9.17, 15) is 18.0 Å². The molecule has 0 radical (unpaired) electrons. The summed E-state index contributed by atoms with van der Waals surface area (Å²) in [5.41, 5.74) is 2.65. The van der Waals surface area contributed by atoms with Gasteiger partial charge in [-0.25, -0.2) is 8.42 Å². The lowest BCUT2D eigenvalue weighted by molar-refractivity contribution is -0.132. The SMILES string of the molecule is Cc1cccc(N2CCN(C(=O)CN3C(=O)COc4ccc(S(=O)(=O)N5CCCC5)cc43)C[C@H]2C)c1. The summed E-state index contributed by atoms with van der Waals surface area (Å²) in [6.45, 7) is 6.58. The summed E-state index contributed by atoms with van der Waals surface area (Å²) in [7, 11) is -3.67. The van der Waals surface area contributed by atoms with Gasteiger partial charge in [0.15, 0.2) is 6.61 Å². The predicted molar refractivity (Wildman–Crippen MR) is 137 cm³/mol. The zero-order chi connectivity index (χ0) is 25.4. The third kappa shape index (κ3) is 4.67. The Balaban J connectivity index is 1.32. The monoisotopic (exact) mass is 512 g/mol. The van der Waals surface area contributed by atoms with Gasteiger partial charge in [-0.3, -0.25) is 14.5 Å². The molecule has 0 aromatic heterocycles. The van der Waals surface area contributed by atoms with Gasteiger partial charge in [0.1, 0.15) is 12.3 Å². The van der Waals surface area contributed by atoms with E-state index in [4.69, 9.17) is 4.74 Å². The van der Waals surface area contributed by atoms with Crippen LogP contribution >= 0.6 is 0 Å². The number of rotatable bonds is 5. The highest BCUT2D eigenvalue weighted by Crippen LogP contribution is 2.35. The molecule has 2 aromatic carbocycles. The molecule has 2 fully saturated rings. The Morgan fingerprint density at radius 3 is 2.56 bits per heavy atom. The summed E-state index contributed by atoms with van der Waals surface area (Å²) < 4.78 is 33.2. The van der Waals surface area contributed by atoms with E-state index in [0.29, 0.717) is 44.2 Å². The molecule has 2 saturated heterocycles. The van der Waals surface area contributed by atoms with Crippen molar-refractivity contribution >= 4 is 33.2 Å². The molecule has 2 amide bonds. The van der Waals surface area contributed by atoms with Gasteiger partial charge in [0.05, 0.1) is 10.6 Å². The molecule has 0 saturated carbocycles. The van der Waals surface area contributed by atoms with Gasteiger partial charge < -0.3 is 14.5 Å². The average molecular weight is 513 g/mol. The molecule has 192 valence electrons. The van der Waals surface area contributed by atoms with Crippen LogP contribution in [0.2, 0.25) is 0 Å². The van der Waals surface area contributed by atoms with Crippen molar-refractivity contribution in [1.29, 1.82) is 0 Å². The first-order chi connectivity index (χ1) is 17.2. The maximum absolute atomic E-state index is 13.3. The lowest BCUT2D eigenvalue weighted by atomic mass is 10.1. The van der Waals surface area contributed by atoms with Crippen LogP contribution in [0, 0.1) is 6.92 Å². The second kappa shape index (κ2) is 9.74. The fourth-order valence-corrected chi connectivity index (χ4v) is 6.74. The maximum Gasteiger partial charge on any atom is 0.265 e. The molecule has 3 aliphatic rings. The van der Waals surface area contributed by atoms with Crippen molar-refractivity contribution < 1.29 is 22.7 Å². The van der Waals surface area contributed by atoms with Gasteiger partial charge in [0, 0.05) is 44.5 Å². The fraction of sp³-hybridized carbons (Fsp3) is 0.462. The average Bonchev–Trinajstić information content (AvgIpc) is 3.41. The number of hydrogen-bond donors (Lipinski definition) is 0. The number of sulfonamides is 1. The lowest BCUT2D eigenvalue weighted by Gasteiger charge is -2.42. The van der Waals surface area contributed by atoms with Gasteiger partial charge >= 0.3 is 0 Å².